The molecular weight excluding hydrogens is 592 g/mol. The second-order valence-electron chi connectivity index (χ2n) is 11.7. The van der Waals surface area contributed by atoms with Crippen molar-refractivity contribution in [2.24, 2.45) is 5.11 Å². The van der Waals surface area contributed by atoms with E-state index in [-0.39, 0.29) is 22.8 Å². The molecule has 2 unspecified atom stereocenters. The van der Waals surface area contributed by atoms with E-state index in [1.165, 1.54) is 0 Å². The van der Waals surface area contributed by atoms with Crippen LogP contribution in [0.1, 0.15) is 31.8 Å². The number of rotatable bonds is 8. The van der Waals surface area contributed by atoms with Gasteiger partial charge in [0.15, 0.2) is 11.4 Å². The second-order valence-corrected chi connectivity index (χ2v) is 11.7. The van der Waals surface area contributed by atoms with Gasteiger partial charge in [0.25, 0.3) is 0 Å². The molecule has 0 radical (unpaired) electrons. The maximum atomic E-state index is 15.4. The molecule has 0 aliphatic carbocycles. The van der Waals surface area contributed by atoms with Gasteiger partial charge in [0, 0.05) is 34.5 Å². The molecule has 6 aromatic rings. The fourth-order valence-corrected chi connectivity index (χ4v) is 6.99. The van der Waals surface area contributed by atoms with Crippen molar-refractivity contribution < 1.29 is 14.4 Å². The lowest BCUT2D eigenvalue weighted by Crippen LogP contribution is -2.53. The predicted molar refractivity (Wildman–Crippen MR) is 186 cm³/mol. The quantitative estimate of drug-likeness (QED) is 0.125. The molecule has 0 fully saturated rings. The first-order chi connectivity index (χ1) is 23.6. The van der Waals surface area contributed by atoms with Crippen LogP contribution in [0, 0.1) is 0 Å². The van der Waals surface area contributed by atoms with Crippen LogP contribution in [0.25, 0.3) is 5.43 Å². The van der Waals surface area contributed by atoms with Crippen LogP contribution in [0.5, 0.6) is 0 Å². The number of Topliss-reactive ketones (excluding diaryl/α,β-unsaturated/α-hetero) is 2. The van der Waals surface area contributed by atoms with E-state index in [4.69, 9.17) is 10.5 Å². The molecule has 0 bridgehead atoms. The number of azo groups is 1. The maximum absolute atomic E-state index is 15.4. The minimum absolute atomic E-state index is 0.231. The number of anilines is 1. The molecule has 0 saturated carbocycles. The van der Waals surface area contributed by atoms with Crippen LogP contribution >= 0.6 is 0 Å². The van der Waals surface area contributed by atoms with Crippen LogP contribution in [0.4, 0.5) is 11.4 Å². The number of allylic oxidation sites excluding steroid dienone is 1. The van der Waals surface area contributed by atoms with Crippen molar-refractivity contribution in [2.45, 2.75) is 11.2 Å². The minimum atomic E-state index is -1.51. The third kappa shape index (κ3) is 4.34. The van der Waals surface area contributed by atoms with Crippen molar-refractivity contribution in [2.75, 3.05) is 4.90 Å². The van der Waals surface area contributed by atoms with Crippen molar-refractivity contribution in [3.63, 3.8) is 0 Å². The van der Waals surface area contributed by atoms with Crippen LogP contribution in [0.2, 0.25) is 0 Å². The van der Waals surface area contributed by atoms with Gasteiger partial charge in [-0.05, 0) is 23.3 Å². The third-order valence-electron chi connectivity index (χ3n) is 9.02. The van der Waals surface area contributed by atoms with E-state index in [1.807, 2.05) is 163 Å². The molecule has 2 atom stereocenters. The zero-order chi connectivity index (χ0) is 32.6. The second kappa shape index (κ2) is 11.8. The van der Waals surface area contributed by atoms with Crippen LogP contribution in [-0.2, 0) is 11.2 Å². The summed E-state index contributed by atoms with van der Waals surface area (Å²) in [5, 5.41) is 5.49. The predicted octanol–water partition coefficient (Wildman–Crippen LogP) is 9.37. The smallest absolute Gasteiger partial charge is 0.225 e. The van der Waals surface area contributed by atoms with Crippen molar-refractivity contribution in [1.29, 1.82) is 0 Å². The van der Waals surface area contributed by atoms with E-state index >= 15 is 9.59 Å². The van der Waals surface area contributed by atoms with Crippen LogP contribution in [0.15, 0.2) is 198 Å². The Hall–Kier alpha value is -6.40. The summed E-state index contributed by atoms with van der Waals surface area (Å²) < 4.78 is 0. The highest BCUT2D eigenvalue weighted by molar-refractivity contribution is 6.22. The van der Waals surface area contributed by atoms with Crippen molar-refractivity contribution >= 4 is 22.9 Å². The standard InChI is InChI=1S/C42H30N4O2/c47-39(31-19-7-1-8-20-31)37-38(40(48)32-21-9-2-10-22-32)45(35-27-15-5-16-28-35)42(34-25-13-4-14-26-34)41(37,33-23-11-3-12-24-33)43-46(44-42)36-29-17-6-18-30-36/h1-30H. The summed E-state index contributed by atoms with van der Waals surface area (Å²) >= 11 is 0. The molecule has 6 heteroatoms. The van der Waals surface area contributed by atoms with Gasteiger partial charge >= 0.3 is 0 Å². The fourth-order valence-electron chi connectivity index (χ4n) is 6.99. The molecule has 8 rings (SSSR count). The molecule has 48 heavy (non-hydrogen) atoms. The summed E-state index contributed by atoms with van der Waals surface area (Å²) in [5.74, 6) is -0.596. The largest absolute Gasteiger partial charge is 0.321 e. The summed E-state index contributed by atoms with van der Waals surface area (Å²) in [6, 6.07) is 57.3. The molecule has 2 aliphatic rings. The molecule has 0 spiro atoms. The average Bonchev–Trinajstić information content (AvgIpc) is 3.65. The molecule has 6 nitrogen and oxygen atoms in total. The monoisotopic (exact) mass is 622 g/mol. The highest BCUT2D eigenvalue weighted by Gasteiger charge is 2.70. The third-order valence-corrected chi connectivity index (χ3v) is 9.02. The Balaban J connectivity index is 1.59. The lowest BCUT2D eigenvalue weighted by atomic mass is 9.70. The Bertz CT molecular complexity index is 2170. The SMILES string of the molecule is O=C(C1=C(C(=O)c2ccccc2)C2(c3ccccc3)N=[N+](c3ccccc3)[N-]C2(c2ccccc2)N1c1ccccc1)c1ccccc1. The van der Waals surface area contributed by atoms with Crippen LogP contribution in [0.3, 0.4) is 0 Å². The Labute approximate surface area is 278 Å². The van der Waals surface area contributed by atoms with Gasteiger partial charge in [-0.25, -0.2) is 0 Å². The topological polar surface area (TPSA) is 66.8 Å². The number of carbonyl (C=O) groups excluding carboxylic acids is 2. The Morgan fingerprint density at radius 3 is 1.50 bits per heavy atom. The van der Waals surface area contributed by atoms with E-state index in [1.54, 1.807) is 29.1 Å². The zero-order valence-electron chi connectivity index (χ0n) is 25.9. The number of carbonyl (C=O) groups is 2. The molecule has 2 aliphatic heterocycles. The molecule has 0 amide bonds. The van der Waals surface area contributed by atoms with Gasteiger partial charge in [-0.1, -0.05) is 158 Å². The summed E-state index contributed by atoms with van der Waals surface area (Å²) in [5.41, 5.74) is 6.90. The van der Waals surface area contributed by atoms with Gasteiger partial charge < -0.3 is 4.90 Å². The van der Waals surface area contributed by atoms with Gasteiger partial charge in [-0.3, -0.25) is 9.59 Å². The number of ketones is 2. The first-order valence-corrected chi connectivity index (χ1v) is 15.9. The zero-order valence-corrected chi connectivity index (χ0v) is 25.9. The van der Waals surface area contributed by atoms with Crippen molar-refractivity contribution in [1.82, 2.24) is 0 Å². The number of hydrogen-bond acceptors (Lipinski definition) is 4. The molecule has 0 N–H and O–H groups in total. The summed E-state index contributed by atoms with van der Waals surface area (Å²) in [7, 11) is 0. The first-order valence-electron chi connectivity index (χ1n) is 15.9. The average molecular weight is 623 g/mol. The first kappa shape index (κ1) is 29.0. The van der Waals surface area contributed by atoms with Crippen molar-refractivity contribution in [3.05, 3.63) is 221 Å². The number of nitrogens with zero attached hydrogens (tertiary/aromatic N) is 4. The van der Waals surface area contributed by atoms with Crippen LogP contribution < -0.4 is 4.90 Å². The Morgan fingerprint density at radius 2 is 0.958 bits per heavy atom. The molecule has 0 saturated heterocycles. The lowest BCUT2D eigenvalue weighted by Gasteiger charge is -2.47. The Kier molecular flexibility index (Phi) is 7.11. The lowest BCUT2D eigenvalue weighted by molar-refractivity contribution is -0.457. The number of benzene rings is 6. The van der Waals surface area contributed by atoms with E-state index in [9.17, 15) is 0 Å². The normalized spacial score (nSPS) is 19.8. The van der Waals surface area contributed by atoms with E-state index < -0.39 is 11.2 Å². The van der Waals surface area contributed by atoms with Gasteiger partial charge in [-0.2, -0.15) is 10.5 Å². The number of fused-ring (bicyclic) bond motifs is 1. The summed E-state index contributed by atoms with van der Waals surface area (Å²) in [6.45, 7) is 0. The Morgan fingerprint density at radius 1 is 0.521 bits per heavy atom. The van der Waals surface area contributed by atoms with Gasteiger partial charge in [-0.15, -0.1) is 4.81 Å². The number of para-hydroxylation sites is 2. The van der Waals surface area contributed by atoms with E-state index in [2.05, 4.69) is 0 Å². The maximum Gasteiger partial charge on any atom is 0.225 e. The van der Waals surface area contributed by atoms with Gasteiger partial charge in [0.05, 0.1) is 5.70 Å². The highest BCUT2D eigenvalue weighted by atomic mass is 16.1. The summed E-state index contributed by atoms with van der Waals surface area (Å²) in [6.07, 6.45) is 0. The van der Waals surface area contributed by atoms with Gasteiger partial charge in [0.2, 0.25) is 11.5 Å². The van der Waals surface area contributed by atoms with Gasteiger partial charge in [0.1, 0.15) is 5.54 Å². The summed E-state index contributed by atoms with van der Waals surface area (Å²) in [4.78, 5) is 34.1. The molecular formula is C42H30N4O2. The molecule has 2 heterocycles. The molecule has 6 aromatic carbocycles. The van der Waals surface area contributed by atoms with Crippen LogP contribution in [-0.4, -0.2) is 16.4 Å². The molecule has 230 valence electrons. The number of hydrogen-bond donors (Lipinski definition) is 0. The highest BCUT2D eigenvalue weighted by Crippen LogP contribution is 2.67. The van der Waals surface area contributed by atoms with E-state index in [0.717, 1.165) is 16.8 Å². The minimum Gasteiger partial charge on any atom is -0.321 e. The fraction of sp³-hybridized carbons (Fsp3) is 0.0476. The molecule has 0 aromatic heterocycles. The van der Waals surface area contributed by atoms with E-state index in [0.29, 0.717) is 16.8 Å². The van der Waals surface area contributed by atoms with Crippen molar-refractivity contribution in [3.8, 4) is 0 Å².